The van der Waals surface area contributed by atoms with Gasteiger partial charge in [0.1, 0.15) is 11.6 Å². The third-order valence-corrected chi connectivity index (χ3v) is 1.59. The number of hydrogen-bond donors (Lipinski definition) is 1. The van der Waals surface area contributed by atoms with Gasteiger partial charge in [0, 0.05) is 18.3 Å². The van der Waals surface area contributed by atoms with Gasteiger partial charge in [-0.05, 0) is 18.2 Å². The molecule has 1 aromatic carbocycles. The third-order valence-electron chi connectivity index (χ3n) is 1.59. The number of halogens is 1. The Balaban J connectivity index is 2.19. The first-order chi connectivity index (χ1) is 6.34. The van der Waals surface area contributed by atoms with Gasteiger partial charge in [-0.3, -0.25) is 0 Å². The van der Waals surface area contributed by atoms with Gasteiger partial charge in [0.2, 0.25) is 0 Å². The number of H-pyrrole nitrogens is 1. The van der Waals surface area contributed by atoms with Gasteiger partial charge in [0.15, 0.2) is 5.88 Å². The molecule has 1 aromatic heterocycles. The predicted octanol–water partition coefficient (Wildman–Crippen LogP) is 2.95. The van der Waals surface area contributed by atoms with Crippen LogP contribution < -0.4 is 4.74 Å². The molecule has 3 heteroatoms. The van der Waals surface area contributed by atoms with Crippen molar-refractivity contribution in [3.63, 3.8) is 0 Å². The quantitative estimate of drug-likeness (QED) is 0.749. The largest absolute Gasteiger partial charge is 0.441 e. The van der Waals surface area contributed by atoms with E-state index in [1.807, 2.05) is 6.07 Å². The molecule has 0 unspecified atom stereocenters. The van der Waals surface area contributed by atoms with Crippen molar-refractivity contribution in [2.75, 3.05) is 0 Å². The lowest BCUT2D eigenvalue weighted by Crippen LogP contribution is -1.84. The topological polar surface area (TPSA) is 25.0 Å². The minimum Gasteiger partial charge on any atom is -0.441 e. The van der Waals surface area contributed by atoms with E-state index < -0.39 is 0 Å². The Hall–Kier alpha value is -1.77. The van der Waals surface area contributed by atoms with E-state index in [2.05, 4.69) is 4.98 Å². The second kappa shape index (κ2) is 3.31. The highest BCUT2D eigenvalue weighted by Crippen LogP contribution is 2.19. The summed E-state index contributed by atoms with van der Waals surface area (Å²) in [4.78, 5) is 2.86. The van der Waals surface area contributed by atoms with Crippen LogP contribution in [0.1, 0.15) is 0 Å². The standard InChI is InChI=1S/C10H8FNO/c11-8-3-1-4-9(7-8)13-10-5-2-6-12-10/h1-7,12H. The molecule has 0 amide bonds. The molecule has 0 aliphatic rings. The van der Waals surface area contributed by atoms with Crippen LogP contribution in [-0.4, -0.2) is 4.98 Å². The number of ether oxygens (including phenoxy) is 1. The second-order valence-corrected chi connectivity index (χ2v) is 2.59. The van der Waals surface area contributed by atoms with E-state index in [0.717, 1.165) is 0 Å². The molecule has 0 radical (unpaired) electrons. The summed E-state index contributed by atoms with van der Waals surface area (Å²) in [6.45, 7) is 0. The molecule has 0 saturated carbocycles. The molecule has 2 nitrogen and oxygen atoms in total. The van der Waals surface area contributed by atoms with Crippen molar-refractivity contribution in [2.24, 2.45) is 0 Å². The molecular formula is C10H8FNO. The highest BCUT2D eigenvalue weighted by atomic mass is 19.1. The molecular weight excluding hydrogens is 169 g/mol. The molecule has 1 N–H and O–H groups in total. The van der Waals surface area contributed by atoms with E-state index in [0.29, 0.717) is 11.6 Å². The third kappa shape index (κ3) is 1.87. The Morgan fingerprint density at radius 3 is 2.77 bits per heavy atom. The van der Waals surface area contributed by atoms with Gasteiger partial charge in [-0.1, -0.05) is 6.07 Å². The summed E-state index contributed by atoms with van der Waals surface area (Å²) in [6.07, 6.45) is 1.74. The van der Waals surface area contributed by atoms with Crippen molar-refractivity contribution in [3.8, 4) is 11.6 Å². The summed E-state index contributed by atoms with van der Waals surface area (Å²) in [5.41, 5.74) is 0. The normalized spacial score (nSPS) is 9.92. The summed E-state index contributed by atoms with van der Waals surface area (Å²) >= 11 is 0. The predicted molar refractivity (Wildman–Crippen MR) is 47.3 cm³/mol. The minimum atomic E-state index is -0.302. The first-order valence-electron chi connectivity index (χ1n) is 3.91. The molecule has 0 aliphatic carbocycles. The Labute approximate surface area is 75.0 Å². The van der Waals surface area contributed by atoms with E-state index in [4.69, 9.17) is 4.74 Å². The molecule has 0 fully saturated rings. The first-order valence-corrected chi connectivity index (χ1v) is 3.91. The van der Waals surface area contributed by atoms with E-state index >= 15 is 0 Å². The Morgan fingerprint density at radius 1 is 1.15 bits per heavy atom. The summed E-state index contributed by atoms with van der Waals surface area (Å²) < 4.78 is 18.0. The number of rotatable bonds is 2. The van der Waals surface area contributed by atoms with Crippen molar-refractivity contribution in [1.82, 2.24) is 4.98 Å². The number of aromatic amines is 1. The SMILES string of the molecule is Fc1cccc(Oc2ccc[nH]2)c1. The van der Waals surface area contributed by atoms with Gasteiger partial charge in [0.25, 0.3) is 0 Å². The fourth-order valence-electron chi connectivity index (χ4n) is 1.03. The van der Waals surface area contributed by atoms with Gasteiger partial charge in [-0.2, -0.15) is 0 Å². The second-order valence-electron chi connectivity index (χ2n) is 2.59. The summed E-state index contributed by atoms with van der Waals surface area (Å²) in [7, 11) is 0. The number of aromatic nitrogens is 1. The monoisotopic (exact) mass is 177 g/mol. The molecule has 0 spiro atoms. The van der Waals surface area contributed by atoms with Crippen molar-refractivity contribution < 1.29 is 9.13 Å². The molecule has 1 heterocycles. The van der Waals surface area contributed by atoms with Gasteiger partial charge in [-0.15, -0.1) is 0 Å². The van der Waals surface area contributed by atoms with Crippen LogP contribution in [0.25, 0.3) is 0 Å². The van der Waals surface area contributed by atoms with Crippen LogP contribution in [-0.2, 0) is 0 Å². The highest BCUT2D eigenvalue weighted by molar-refractivity contribution is 5.27. The van der Waals surface area contributed by atoms with E-state index in [9.17, 15) is 4.39 Å². The number of benzene rings is 1. The van der Waals surface area contributed by atoms with Crippen LogP contribution in [0.4, 0.5) is 4.39 Å². The Morgan fingerprint density at radius 2 is 2.08 bits per heavy atom. The molecule has 13 heavy (non-hydrogen) atoms. The van der Waals surface area contributed by atoms with Crippen molar-refractivity contribution in [2.45, 2.75) is 0 Å². The van der Waals surface area contributed by atoms with Crippen LogP contribution in [0.15, 0.2) is 42.6 Å². The lowest BCUT2D eigenvalue weighted by atomic mass is 10.3. The van der Waals surface area contributed by atoms with E-state index in [-0.39, 0.29) is 5.82 Å². The number of hydrogen-bond acceptors (Lipinski definition) is 1. The summed E-state index contributed by atoms with van der Waals surface area (Å²) in [5.74, 6) is 0.789. The van der Waals surface area contributed by atoms with Crippen LogP contribution in [0.3, 0.4) is 0 Å². The van der Waals surface area contributed by atoms with Crippen LogP contribution in [0.2, 0.25) is 0 Å². The fraction of sp³-hybridized carbons (Fsp3) is 0. The molecule has 0 atom stereocenters. The van der Waals surface area contributed by atoms with Crippen LogP contribution in [0, 0.1) is 5.82 Å². The molecule has 2 aromatic rings. The molecule has 0 aliphatic heterocycles. The number of nitrogens with one attached hydrogen (secondary N) is 1. The molecule has 0 saturated heterocycles. The zero-order valence-electron chi connectivity index (χ0n) is 6.83. The lowest BCUT2D eigenvalue weighted by Gasteiger charge is -2.01. The smallest absolute Gasteiger partial charge is 0.197 e. The average molecular weight is 177 g/mol. The average Bonchev–Trinajstić information content (AvgIpc) is 2.57. The summed E-state index contributed by atoms with van der Waals surface area (Å²) in [6, 6.07) is 9.60. The van der Waals surface area contributed by atoms with Gasteiger partial charge in [0.05, 0.1) is 0 Å². The maximum Gasteiger partial charge on any atom is 0.197 e. The molecule has 0 bridgehead atoms. The van der Waals surface area contributed by atoms with Crippen molar-refractivity contribution >= 4 is 0 Å². The Kier molecular flexibility index (Phi) is 2.00. The van der Waals surface area contributed by atoms with Crippen molar-refractivity contribution in [3.05, 3.63) is 48.4 Å². The summed E-state index contributed by atoms with van der Waals surface area (Å²) in [5, 5.41) is 0. The first kappa shape index (κ1) is 7.86. The van der Waals surface area contributed by atoms with Crippen LogP contribution >= 0.6 is 0 Å². The maximum absolute atomic E-state index is 12.7. The fourth-order valence-corrected chi connectivity index (χ4v) is 1.03. The zero-order valence-corrected chi connectivity index (χ0v) is 6.83. The highest BCUT2D eigenvalue weighted by Gasteiger charge is 1.97. The Bertz CT molecular complexity index is 384. The maximum atomic E-state index is 12.7. The molecule has 2 rings (SSSR count). The van der Waals surface area contributed by atoms with Gasteiger partial charge in [-0.25, -0.2) is 4.39 Å². The zero-order chi connectivity index (χ0) is 9.10. The van der Waals surface area contributed by atoms with Crippen LogP contribution in [0.5, 0.6) is 11.6 Å². The van der Waals surface area contributed by atoms with E-state index in [1.165, 1.54) is 12.1 Å². The van der Waals surface area contributed by atoms with Gasteiger partial charge < -0.3 is 9.72 Å². The minimum absolute atomic E-state index is 0.302. The lowest BCUT2D eigenvalue weighted by molar-refractivity contribution is 0.461. The molecule has 66 valence electrons. The van der Waals surface area contributed by atoms with E-state index in [1.54, 1.807) is 24.4 Å². The van der Waals surface area contributed by atoms with Crippen molar-refractivity contribution in [1.29, 1.82) is 0 Å². The van der Waals surface area contributed by atoms with Gasteiger partial charge >= 0.3 is 0 Å².